The molecule has 0 aliphatic carbocycles. The van der Waals surface area contributed by atoms with Crippen LogP contribution in [0.2, 0.25) is 0 Å². The highest BCUT2D eigenvalue weighted by Gasteiger charge is 2.31. The van der Waals surface area contributed by atoms with E-state index >= 15 is 0 Å². The van der Waals surface area contributed by atoms with Gasteiger partial charge in [0.25, 0.3) is 11.8 Å². The minimum absolute atomic E-state index is 0.113. The SMILES string of the molecule is CN1CC(C(=O)NCc2cccc(-c3ccccc3)c2)=C(O)C1=O. The van der Waals surface area contributed by atoms with Crippen LogP contribution in [-0.4, -0.2) is 35.4 Å². The summed E-state index contributed by atoms with van der Waals surface area (Å²) < 4.78 is 0. The summed E-state index contributed by atoms with van der Waals surface area (Å²) in [5, 5.41) is 12.5. The summed E-state index contributed by atoms with van der Waals surface area (Å²) in [7, 11) is 1.54. The summed E-state index contributed by atoms with van der Waals surface area (Å²) in [6, 6.07) is 17.9. The summed E-state index contributed by atoms with van der Waals surface area (Å²) in [6.07, 6.45) is 0. The topological polar surface area (TPSA) is 69.6 Å². The number of aliphatic hydroxyl groups excluding tert-OH is 1. The molecule has 2 N–H and O–H groups in total. The second kappa shape index (κ2) is 6.58. The molecule has 5 nitrogen and oxygen atoms in total. The number of hydrogen-bond donors (Lipinski definition) is 2. The zero-order valence-corrected chi connectivity index (χ0v) is 13.3. The third-order valence-electron chi connectivity index (χ3n) is 3.99. The fourth-order valence-electron chi connectivity index (χ4n) is 2.65. The zero-order valence-electron chi connectivity index (χ0n) is 13.3. The molecule has 2 amide bonds. The number of carbonyl (C=O) groups is 2. The van der Waals surface area contributed by atoms with E-state index in [0.717, 1.165) is 16.7 Å². The lowest BCUT2D eigenvalue weighted by Crippen LogP contribution is -2.27. The highest BCUT2D eigenvalue weighted by atomic mass is 16.3. The van der Waals surface area contributed by atoms with Crippen LogP contribution >= 0.6 is 0 Å². The van der Waals surface area contributed by atoms with E-state index in [9.17, 15) is 14.7 Å². The Labute approximate surface area is 140 Å². The molecule has 122 valence electrons. The van der Waals surface area contributed by atoms with Gasteiger partial charge in [-0.1, -0.05) is 48.5 Å². The molecule has 0 fully saturated rings. The van der Waals surface area contributed by atoms with Gasteiger partial charge < -0.3 is 15.3 Å². The lowest BCUT2D eigenvalue weighted by molar-refractivity contribution is -0.126. The first-order valence-electron chi connectivity index (χ1n) is 7.66. The highest BCUT2D eigenvalue weighted by molar-refractivity contribution is 6.06. The Morgan fingerprint density at radius 2 is 1.83 bits per heavy atom. The minimum Gasteiger partial charge on any atom is -0.503 e. The molecule has 0 spiro atoms. The van der Waals surface area contributed by atoms with Crippen LogP contribution < -0.4 is 5.32 Å². The lowest BCUT2D eigenvalue weighted by atomic mass is 10.0. The maximum Gasteiger partial charge on any atom is 0.289 e. The molecule has 0 radical (unpaired) electrons. The first-order valence-corrected chi connectivity index (χ1v) is 7.66. The second-order valence-electron chi connectivity index (χ2n) is 5.74. The fourth-order valence-corrected chi connectivity index (χ4v) is 2.65. The average molecular weight is 322 g/mol. The van der Waals surface area contributed by atoms with Crippen LogP contribution in [0.1, 0.15) is 5.56 Å². The Balaban J connectivity index is 1.70. The summed E-state index contributed by atoms with van der Waals surface area (Å²) in [5.41, 5.74) is 3.23. The Hall–Kier alpha value is -3.08. The highest BCUT2D eigenvalue weighted by Crippen LogP contribution is 2.20. The van der Waals surface area contributed by atoms with Crippen molar-refractivity contribution in [2.75, 3.05) is 13.6 Å². The Morgan fingerprint density at radius 3 is 2.50 bits per heavy atom. The summed E-state index contributed by atoms with van der Waals surface area (Å²) >= 11 is 0. The van der Waals surface area contributed by atoms with Crippen LogP contribution in [0.3, 0.4) is 0 Å². The van der Waals surface area contributed by atoms with E-state index in [4.69, 9.17) is 0 Å². The van der Waals surface area contributed by atoms with Gasteiger partial charge in [-0.05, 0) is 22.8 Å². The van der Waals surface area contributed by atoms with Crippen LogP contribution in [0, 0.1) is 0 Å². The largest absolute Gasteiger partial charge is 0.503 e. The van der Waals surface area contributed by atoms with Crippen molar-refractivity contribution in [2.45, 2.75) is 6.54 Å². The Kier molecular flexibility index (Phi) is 4.33. The van der Waals surface area contributed by atoms with E-state index < -0.39 is 17.6 Å². The summed E-state index contributed by atoms with van der Waals surface area (Å²) in [4.78, 5) is 25.0. The van der Waals surface area contributed by atoms with Crippen molar-refractivity contribution in [3.63, 3.8) is 0 Å². The van der Waals surface area contributed by atoms with Gasteiger partial charge in [-0.2, -0.15) is 0 Å². The first-order chi connectivity index (χ1) is 11.6. The number of likely N-dealkylation sites (N-methyl/N-ethyl adjacent to an activating group) is 1. The molecular weight excluding hydrogens is 304 g/mol. The van der Waals surface area contributed by atoms with Crippen LogP contribution in [0.15, 0.2) is 65.9 Å². The minimum atomic E-state index is -0.522. The predicted octanol–water partition coefficient (Wildman–Crippen LogP) is 2.25. The van der Waals surface area contributed by atoms with Crippen molar-refractivity contribution in [3.05, 3.63) is 71.5 Å². The third-order valence-corrected chi connectivity index (χ3v) is 3.99. The number of amides is 2. The molecule has 1 heterocycles. The van der Waals surface area contributed by atoms with Crippen molar-refractivity contribution in [1.29, 1.82) is 0 Å². The van der Waals surface area contributed by atoms with Gasteiger partial charge in [-0.3, -0.25) is 9.59 Å². The van der Waals surface area contributed by atoms with Gasteiger partial charge in [0.15, 0.2) is 5.76 Å². The van der Waals surface area contributed by atoms with Crippen molar-refractivity contribution < 1.29 is 14.7 Å². The molecule has 1 aliphatic heterocycles. The second-order valence-corrected chi connectivity index (χ2v) is 5.74. The summed E-state index contributed by atoms with van der Waals surface area (Å²) in [6.45, 7) is 0.453. The molecule has 0 atom stereocenters. The third kappa shape index (κ3) is 3.15. The Morgan fingerprint density at radius 1 is 1.12 bits per heavy atom. The fraction of sp³-hybridized carbons (Fsp3) is 0.158. The first kappa shape index (κ1) is 15.8. The maximum absolute atomic E-state index is 12.2. The van der Waals surface area contributed by atoms with E-state index in [-0.39, 0.29) is 12.1 Å². The van der Waals surface area contributed by atoms with Crippen LogP contribution in [0.4, 0.5) is 0 Å². The zero-order chi connectivity index (χ0) is 17.1. The number of carbonyl (C=O) groups excluding carboxylic acids is 2. The molecule has 0 saturated heterocycles. The molecule has 0 bridgehead atoms. The molecule has 0 saturated carbocycles. The van der Waals surface area contributed by atoms with Gasteiger partial charge >= 0.3 is 0 Å². The van der Waals surface area contributed by atoms with E-state index in [0.29, 0.717) is 6.54 Å². The van der Waals surface area contributed by atoms with Gasteiger partial charge in [0, 0.05) is 13.6 Å². The number of hydrogen-bond acceptors (Lipinski definition) is 3. The molecule has 0 unspecified atom stereocenters. The number of nitrogens with one attached hydrogen (secondary N) is 1. The van der Waals surface area contributed by atoms with Crippen molar-refractivity contribution in [3.8, 4) is 11.1 Å². The number of benzene rings is 2. The molecule has 2 aromatic carbocycles. The van der Waals surface area contributed by atoms with Gasteiger partial charge in [0.05, 0.1) is 12.1 Å². The molecule has 3 rings (SSSR count). The van der Waals surface area contributed by atoms with Crippen LogP contribution in [-0.2, 0) is 16.1 Å². The molecule has 1 aliphatic rings. The maximum atomic E-state index is 12.2. The van der Waals surface area contributed by atoms with Gasteiger partial charge in [0.2, 0.25) is 0 Å². The standard InChI is InChI=1S/C19H18N2O3/c1-21-12-16(17(22)19(21)24)18(23)20-11-13-6-5-9-15(10-13)14-7-3-2-4-8-14/h2-10,22H,11-12H2,1H3,(H,20,23). The predicted molar refractivity (Wildman–Crippen MR) is 91.0 cm³/mol. The molecule has 0 aromatic heterocycles. The Bertz CT molecular complexity index is 812. The van der Waals surface area contributed by atoms with Crippen molar-refractivity contribution in [1.82, 2.24) is 10.2 Å². The monoisotopic (exact) mass is 322 g/mol. The summed E-state index contributed by atoms with van der Waals surface area (Å²) in [5.74, 6) is -1.41. The average Bonchev–Trinajstić information content (AvgIpc) is 2.88. The molecule has 5 heteroatoms. The number of nitrogens with zero attached hydrogens (tertiary/aromatic N) is 1. The normalized spacial score (nSPS) is 14.2. The van der Waals surface area contributed by atoms with Crippen molar-refractivity contribution >= 4 is 11.8 Å². The van der Waals surface area contributed by atoms with E-state index in [2.05, 4.69) is 5.32 Å². The van der Waals surface area contributed by atoms with Gasteiger partial charge in [0.1, 0.15) is 0 Å². The molecule has 2 aromatic rings. The molecule has 24 heavy (non-hydrogen) atoms. The van der Waals surface area contributed by atoms with E-state index in [1.807, 2.05) is 54.6 Å². The van der Waals surface area contributed by atoms with Gasteiger partial charge in [-0.25, -0.2) is 0 Å². The number of rotatable bonds is 4. The van der Waals surface area contributed by atoms with E-state index in [1.165, 1.54) is 4.90 Å². The van der Waals surface area contributed by atoms with Crippen molar-refractivity contribution in [2.24, 2.45) is 0 Å². The quantitative estimate of drug-likeness (QED) is 0.907. The number of aliphatic hydroxyl groups is 1. The van der Waals surface area contributed by atoms with E-state index in [1.54, 1.807) is 7.05 Å². The smallest absolute Gasteiger partial charge is 0.289 e. The van der Waals surface area contributed by atoms with Gasteiger partial charge in [-0.15, -0.1) is 0 Å². The van der Waals surface area contributed by atoms with Crippen LogP contribution in [0.25, 0.3) is 11.1 Å². The lowest BCUT2D eigenvalue weighted by Gasteiger charge is -2.09. The molecular formula is C19H18N2O3. The van der Waals surface area contributed by atoms with Crippen LogP contribution in [0.5, 0.6) is 0 Å².